The maximum Gasteiger partial charge on any atom is 0.337 e. The number of carbonyl (C=O) groups is 2. The molecule has 1 aliphatic rings. The highest BCUT2D eigenvalue weighted by Crippen LogP contribution is 2.40. The third kappa shape index (κ3) is 4.47. The highest BCUT2D eigenvalue weighted by molar-refractivity contribution is 6.16. The number of nitrogens with one attached hydrogen (secondary N) is 2. The Bertz CT molecular complexity index is 1720. The lowest BCUT2D eigenvalue weighted by atomic mass is 9.84. The third-order valence-electron chi connectivity index (χ3n) is 7.39. The van der Waals surface area contributed by atoms with Crippen LogP contribution in [0.5, 0.6) is 0 Å². The zero-order valence-electron chi connectivity index (χ0n) is 23.0. The maximum atomic E-state index is 13.7. The fourth-order valence-corrected chi connectivity index (χ4v) is 5.14. The van der Waals surface area contributed by atoms with E-state index in [2.05, 4.69) is 10.6 Å². The van der Waals surface area contributed by atoms with Gasteiger partial charge in [0.2, 0.25) is 0 Å². The van der Waals surface area contributed by atoms with Gasteiger partial charge in [-0.2, -0.15) is 0 Å². The molecule has 3 aromatic carbocycles. The summed E-state index contributed by atoms with van der Waals surface area (Å²) >= 11 is 0. The SMILES string of the molecule is CCc1ccc([C@H](Nc2c(Nc3ccc(C)c4c3C(=O)N(c3ccccc3C(=O)O)C4)c(=O)c2=O)C(C)(C)C)o1. The largest absolute Gasteiger partial charge is 0.478 e. The van der Waals surface area contributed by atoms with Crippen LogP contribution in [0, 0.1) is 12.3 Å². The van der Waals surface area contributed by atoms with Crippen LogP contribution in [0.2, 0.25) is 0 Å². The highest BCUT2D eigenvalue weighted by Gasteiger charge is 2.36. The molecule has 0 unspecified atom stereocenters. The predicted molar refractivity (Wildman–Crippen MR) is 154 cm³/mol. The lowest BCUT2D eigenvalue weighted by molar-refractivity contribution is 0.0697. The minimum Gasteiger partial charge on any atom is -0.478 e. The van der Waals surface area contributed by atoms with Gasteiger partial charge in [-0.05, 0) is 53.8 Å². The van der Waals surface area contributed by atoms with E-state index in [0.29, 0.717) is 17.0 Å². The van der Waals surface area contributed by atoms with E-state index >= 15 is 0 Å². The van der Waals surface area contributed by atoms with E-state index in [9.17, 15) is 24.3 Å². The Morgan fingerprint density at radius 2 is 1.73 bits per heavy atom. The normalized spacial score (nSPS) is 13.9. The van der Waals surface area contributed by atoms with Crippen LogP contribution >= 0.6 is 0 Å². The Hall–Kier alpha value is -4.66. The van der Waals surface area contributed by atoms with Gasteiger partial charge in [-0.15, -0.1) is 0 Å². The summed E-state index contributed by atoms with van der Waals surface area (Å²) in [5, 5.41) is 16.0. The fourth-order valence-electron chi connectivity index (χ4n) is 5.14. The molecule has 0 saturated heterocycles. The number of nitrogens with zero attached hydrogens (tertiary/aromatic N) is 1. The topological polar surface area (TPSA) is 129 Å². The molecule has 2 heterocycles. The third-order valence-corrected chi connectivity index (χ3v) is 7.39. The van der Waals surface area contributed by atoms with Gasteiger partial charge < -0.3 is 25.1 Å². The van der Waals surface area contributed by atoms with Gasteiger partial charge in [0.1, 0.15) is 22.9 Å². The molecule has 0 fully saturated rings. The van der Waals surface area contributed by atoms with Crippen LogP contribution in [-0.2, 0) is 13.0 Å². The molecule has 1 aromatic heterocycles. The van der Waals surface area contributed by atoms with Gasteiger partial charge in [-0.3, -0.25) is 14.4 Å². The number of benzene rings is 2. The molecule has 206 valence electrons. The van der Waals surface area contributed by atoms with Crippen LogP contribution in [0.3, 0.4) is 0 Å². The number of aromatic carboxylic acids is 1. The van der Waals surface area contributed by atoms with E-state index in [0.717, 1.165) is 23.3 Å². The highest BCUT2D eigenvalue weighted by atomic mass is 16.4. The molecule has 40 heavy (non-hydrogen) atoms. The van der Waals surface area contributed by atoms with E-state index in [1.54, 1.807) is 24.3 Å². The van der Waals surface area contributed by atoms with E-state index in [-0.39, 0.29) is 34.6 Å². The summed E-state index contributed by atoms with van der Waals surface area (Å²) in [4.78, 5) is 52.4. The van der Waals surface area contributed by atoms with E-state index in [1.807, 2.05) is 52.8 Å². The molecular formula is C31H31N3O6. The summed E-state index contributed by atoms with van der Waals surface area (Å²) in [5.41, 5.74) is 1.10. The standard InChI is InChI=1S/C31H31N3O6/c1-6-17-12-14-22(40-17)28(31(3,4)5)33-25-24(26(35)27(25)36)32-20-13-11-16(2)19-15-34(29(37)23(19)20)21-10-8-7-9-18(21)30(38)39/h7-14,28,32-33H,6,15H2,1-5H3,(H,38,39)/t28-/m0/s1. The second-order valence-corrected chi connectivity index (χ2v) is 11.1. The van der Waals surface area contributed by atoms with E-state index < -0.39 is 28.8 Å². The van der Waals surface area contributed by atoms with Crippen molar-refractivity contribution in [3.8, 4) is 0 Å². The molecular weight excluding hydrogens is 510 g/mol. The summed E-state index contributed by atoms with van der Waals surface area (Å²) in [6, 6.07) is 13.2. The lowest BCUT2D eigenvalue weighted by Gasteiger charge is -2.31. The molecule has 9 nitrogen and oxygen atoms in total. The second kappa shape index (κ2) is 9.82. The number of furan rings is 1. The van der Waals surface area contributed by atoms with Crippen LogP contribution in [0.25, 0.3) is 0 Å². The first-order valence-corrected chi connectivity index (χ1v) is 13.1. The number of carboxylic acids is 1. The van der Waals surface area contributed by atoms with Crippen molar-refractivity contribution in [3.63, 3.8) is 0 Å². The number of para-hydroxylation sites is 1. The molecule has 1 atom stereocenters. The maximum absolute atomic E-state index is 13.7. The Balaban J connectivity index is 1.50. The van der Waals surface area contributed by atoms with Crippen LogP contribution in [0.1, 0.15) is 77.1 Å². The van der Waals surface area contributed by atoms with Crippen LogP contribution in [0.4, 0.5) is 22.7 Å². The molecule has 0 radical (unpaired) electrons. The molecule has 0 aliphatic carbocycles. The fraction of sp³-hybridized carbons (Fsp3) is 0.290. The number of carbonyl (C=O) groups excluding carboxylic acids is 1. The summed E-state index contributed by atoms with van der Waals surface area (Å²) in [7, 11) is 0. The molecule has 1 amide bonds. The van der Waals surface area contributed by atoms with Crippen molar-refractivity contribution in [1.82, 2.24) is 0 Å². The van der Waals surface area contributed by atoms with Crippen LogP contribution in [0.15, 0.2) is 62.5 Å². The summed E-state index contributed by atoms with van der Waals surface area (Å²) in [6.45, 7) is 10.1. The zero-order valence-corrected chi connectivity index (χ0v) is 23.0. The minimum absolute atomic E-state index is 0.0159. The average Bonchev–Trinajstić information content (AvgIpc) is 3.53. The minimum atomic E-state index is -1.13. The first kappa shape index (κ1) is 26.9. The van der Waals surface area contributed by atoms with Gasteiger partial charge in [0.15, 0.2) is 0 Å². The number of fused-ring (bicyclic) bond motifs is 1. The Morgan fingerprint density at radius 3 is 2.38 bits per heavy atom. The molecule has 1 aliphatic heterocycles. The van der Waals surface area contributed by atoms with Gasteiger partial charge in [-0.1, -0.05) is 45.9 Å². The van der Waals surface area contributed by atoms with Crippen molar-refractivity contribution in [1.29, 1.82) is 0 Å². The van der Waals surface area contributed by atoms with Gasteiger partial charge in [0.25, 0.3) is 16.8 Å². The Morgan fingerprint density at radius 1 is 1.02 bits per heavy atom. The van der Waals surface area contributed by atoms with Crippen molar-refractivity contribution < 1.29 is 19.1 Å². The van der Waals surface area contributed by atoms with Crippen molar-refractivity contribution in [2.45, 2.75) is 53.6 Å². The van der Waals surface area contributed by atoms with Crippen LogP contribution < -0.4 is 26.4 Å². The van der Waals surface area contributed by atoms with Gasteiger partial charge in [-0.25, -0.2) is 4.79 Å². The molecule has 9 heteroatoms. The van der Waals surface area contributed by atoms with Gasteiger partial charge in [0.05, 0.1) is 35.1 Å². The molecule has 0 saturated carbocycles. The van der Waals surface area contributed by atoms with Crippen LogP contribution in [-0.4, -0.2) is 17.0 Å². The number of amides is 1. The molecule has 3 N–H and O–H groups in total. The monoisotopic (exact) mass is 541 g/mol. The number of anilines is 4. The number of hydrogen-bond donors (Lipinski definition) is 3. The molecule has 4 aromatic rings. The Kier molecular flexibility index (Phi) is 6.61. The van der Waals surface area contributed by atoms with Crippen molar-refractivity contribution in [2.75, 3.05) is 15.5 Å². The smallest absolute Gasteiger partial charge is 0.337 e. The van der Waals surface area contributed by atoms with E-state index in [1.165, 1.54) is 11.0 Å². The van der Waals surface area contributed by atoms with Gasteiger partial charge >= 0.3 is 5.97 Å². The first-order chi connectivity index (χ1) is 18.9. The number of carboxylic acid groups (broad SMARTS) is 1. The van der Waals surface area contributed by atoms with Crippen molar-refractivity contribution >= 4 is 34.6 Å². The Labute approximate surface area is 231 Å². The van der Waals surface area contributed by atoms with E-state index in [4.69, 9.17) is 4.42 Å². The summed E-state index contributed by atoms with van der Waals surface area (Å²) in [6.07, 6.45) is 0.726. The molecule has 5 rings (SSSR count). The van der Waals surface area contributed by atoms with Crippen molar-refractivity contribution in [2.24, 2.45) is 5.41 Å². The number of aryl methyl sites for hydroxylation is 2. The zero-order chi connectivity index (χ0) is 28.9. The quantitative estimate of drug-likeness (QED) is 0.248. The second-order valence-electron chi connectivity index (χ2n) is 11.1. The summed E-state index contributed by atoms with van der Waals surface area (Å²) in [5.74, 6) is -0.0529. The number of hydrogen-bond acceptors (Lipinski definition) is 7. The lowest BCUT2D eigenvalue weighted by Crippen LogP contribution is -2.39. The average molecular weight is 542 g/mol. The summed E-state index contributed by atoms with van der Waals surface area (Å²) < 4.78 is 5.98. The van der Waals surface area contributed by atoms with Crippen molar-refractivity contribution in [3.05, 3.63) is 103 Å². The number of rotatable bonds is 8. The predicted octanol–water partition coefficient (Wildman–Crippen LogP) is 5.55. The van der Waals surface area contributed by atoms with Gasteiger partial charge in [0, 0.05) is 6.42 Å². The molecule has 0 bridgehead atoms. The first-order valence-electron chi connectivity index (χ1n) is 13.1. The molecule has 0 spiro atoms.